The molecule has 5 N–H and O–H groups in total. The number of para-hydroxylation sites is 1. The van der Waals surface area contributed by atoms with Gasteiger partial charge in [-0.15, -0.1) is 0 Å². The van der Waals surface area contributed by atoms with Gasteiger partial charge in [-0.05, 0) is 18.6 Å². The summed E-state index contributed by atoms with van der Waals surface area (Å²) < 4.78 is 26.6. The van der Waals surface area contributed by atoms with Gasteiger partial charge in [0.05, 0.1) is 0 Å². The lowest BCUT2D eigenvalue weighted by atomic mass is 10.1. The molecule has 0 saturated heterocycles. The highest BCUT2D eigenvalue weighted by atomic mass is 19.1. The highest BCUT2D eigenvalue weighted by Gasteiger charge is 2.21. The van der Waals surface area contributed by atoms with Crippen molar-refractivity contribution in [3.63, 3.8) is 0 Å². The normalized spacial score (nSPS) is 11.5. The molecule has 1 aromatic rings. The van der Waals surface area contributed by atoms with Gasteiger partial charge in [-0.3, -0.25) is 4.79 Å². The smallest absolute Gasteiger partial charge is 0.326 e. The molecule has 0 aliphatic rings. The van der Waals surface area contributed by atoms with Gasteiger partial charge < -0.3 is 21.5 Å². The third kappa shape index (κ3) is 5.05. The number of amides is 3. The van der Waals surface area contributed by atoms with Crippen LogP contribution in [0.2, 0.25) is 0 Å². The first-order chi connectivity index (χ1) is 9.81. The quantitative estimate of drug-likeness (QED) is 0.621. The number of anilines is 1. The van der Waals surface area contributed by atoms with Gasteiger partial charge >= 0.3 is 12.0 Å². The Kier molecular flexibility index (Phi) is 5.58. The molecule has 3 amide bonds. The van der Waals surface area contributed by atoms with E-state index in [4.69, 9.17) is 10.8 Å². The van der Waals surface area contributed by atoms with Crippen molar-refractivity contribution in [1.82, 2.24) is 5.32 Å². The second-order valence-corrected chi connectivity index (χ2v) is 4.09. The number of aliphatic carboxylic acids is 1. The first-order valence-corrected chi connectivity index (χ1v) is 5.84. The number of urea groups is 1. The molecular weight excluding hydrogens is 288 g/mol. The predicted molar refractivity (Wildman–Crippen MR) is 68.4 cm³/mol. The standard InChI is InChI=1S/C12H13F2N3O4/c13-6-2-1-3-7(14)10(6)17-12(21)16-8(11(19)20)4-5-9(15)18/h1-3,8H,4-5H2,(H2,15,18)(H,19,20)(H2,16,17,21). The summed E-state index contributed by atoms with van der Waals surface area (Å²) in [5, 5.41) is 12.7. The number of primary amides is 1. The fourth-order valence-electron chi connectivity index (χ4n) is 1.47. The van der Waals surface area contributed by atoms with Crippen molar-refractivity contribution in [3.8, 4) is 0 Å². The van der Waals surface area contributed by atoms with Gasteiger partial charge in [0.25, 0.3) is 0 Å². The maximum absolute atomic E-state index is 13.3. The number of carbonyl (C=O) groups excluding carboxylic acids is 2. The van der Waals surface area contributed by atoms with Crippen LogP contribution in [0.5, 0.6) is 0 Å². The van der Waals surface area contributed by atoms with Crippen molar-refractivity contribution >= 4 is 23.6 Å². The predicted octanol–water partition coefficient (Wildman–Crippen LogP) is 0.805. The number of carboxylic acid groups (broad SMARTS) is 1. The van der Waals surface area contributed by atoms with E-state index in [1.54, 1.807) is 0 Å². The van der Waals surface area contributed by atoms with Crippen LogP contribution in [0.25, 0.3) is 0 Å². The maximum Gasteiger partial charge on any atom is 0.326 e. The van der Waals surface area contributed by atoms with Crippen molar-refractivity contribution in [2.24, 2.45) is 5.73 Å². The molecule has 114 valence electrons. The number of halogens is 2. The minimum Gasteiger partial charge on any atom is -0.480 e. The molecule has 0 aliphatic carbocycles. The molecule has 0 radical (unpaired) electrons. The van der Waals surface area contributed by atoms with Gasteiger partial charge in [-0.1, -0.05) is 6.07 Å². The number of nitrogens with two attached hydrogens (primary N) is 1. The van der Waals surface area contributed by atoms with E-state index in [9.17, 15) is 23.2 Å². The van der Waals surface area contributed by atoms with Crippen molar-refractivity contribution in [1.29, 1.82) is 0 Å². The Morgan fingerprint density at radius 2 is 1.81 bits per heavy atom. The topological polar surface area (TPSA) is 122 Å². The summed E-state index contributed by atoms with van der Waals surface area (Å²) in [7, 11) is 0. The van der Waals surface area contributed by atoms with E-state index in [-0.39, 0.29) is 12.8 Å². The van der Waals surface area contributed by atoms with Gasteiger partial charge in [0.15, 0.2) is 0 Å². The summed E-state index contributed by atoms with van der Waals surface area (Å²) in [6, 6.07) is 0.449. The Balaban J connectivity index is 2.70. The molecule has 0 aliphatic heterocycles. The zero-order chi connectivity index (χ0) is 16.0. The van der Waals surface area contributed by atoms with Crippen LogP contribution in [0.4, 0.5) is 19.3 Å². The molecule has 0 fully saturated rings. The van der Waals surface area contributed by atoms with Crippen LogP contribution in [0, 0.1) is 11.6 Å². The van der Waals surface area contributed by atoms with E-state index >= 15 is 0 Å². The van der Waals surface area contributed by atoms with E-state index in [1.807, 2.05) is 10.6 Å². The molecule has 1 unspecified atom stereocenters. The van der Waals surface area contributed by atoms with Crippen LogP contribution >= 0.6 is 0 Å². The summed E-state index contributed by atoms with van der Waals surface area (Å²) >= 11 is 0. The first-order valence-electron chi connectivity index (χ1n) is 5.84. The number of carboxylic acids is 1. The monoisotopic (exact) mass is 301 g/mol. The Labute approximate surface area is 118 Å². The van der Waals surface area contributed by atoms with E-state index in [0.29, 0.717) is 0 Å². The Morgan fingerprint density at radius 1 is 1.24 bits per heavy atom. The second kappa shape index (κ2) is 7.17. The number of hydrogen-bond donors (Lipinski definition) is 4. The minimum absolute atomic E-state index is 0.238. The molecule has 9 heteroatoms. The van der Waals surface area contributed by atoms with Gasteiger partial charge in [-0.2, -0.15) is 0 Å². The largest absolute Gasteiger partial charge is 0.480 e. The molecule has 1 atom stereocenters. The summed E-state index contributed by atoms with van der Waals surface area (Å²) in [5.41, 5.74) is 4.18. The van der Waals surface area contributed by atoms with Gasteiger partial charge in [0.2, 0.25) is 5.91 Å². The maximum atomic E-state index is 13.3. The van der Waals surface area contributed by atoms with E-state index in [2.05, 4.69) is 0 Å². The van der Waals surface area contributed by atoms with Gasteiger partial charge in [-0.25, -0.2) is 18.4 Å². The SMILES string of the molecule is NC(=O)CCC(NC(=O)Nc1c(F)cccc1F)C(=O)O. The molecule has 0 heterocycles. The van der Waals surface area contributed by atoms with E-state index in [1.165, 1.54) is 0 Å². The average Bonchev–Trinajstić information content (AvgIpc) is 2.38. The summed E-state index contributed by atoms with van der Waals surface area (Å²) in [4.78, 5) is 33.0. The fraction of sp³-hybridized carbons (Fsp3) is 0.250. The van der Waals surface area contributed by atoms with Crippen molar-refractivity contribution in [3.05, 3.63) is 29.8 Å². The van der Waals surface area contributed by atoms with Gasteiger partial charge in [0, 0.05) is 6.42 Å². The molecule has 0 spiro atoms. The lowest BCUT2D eigenvalue weighted by Crippen LogP contribution is -2.43. The second-order valence-electron chi connectivity index (χ2n) is 4.09. The molecule has 0 aromatic heterocycles. The van der Waals surface area contributed by atoms with Crippen LogP contribution in [0.1, 0.15) is 12.8 Å². The summed E-state index contributed by atoms with van der Waals surface area (Å²) in [5.74, 6) is -4.15. The Hall–Kier alpha value is -2.71. The van der Waals surface area contributed by atoms with Crippen LogP contribution in [-0.2, 0) is 9.59 Å². The summed E-state index contributed by atoms with van der Waals surface area (Å²) in [6.07, 6.45) is -0.497. The fourth-order valence-corrected chi connectivity index (χ4v) is 1.47. The number of benzene rings is 1. The van der Waals surface area contributed by atoms with Crippen molar-refractivity contribution < 1.29 is 28.3 Å². The van der Waals surface area contributed by atoms with Crippen LogP contribution < -0.4 is 16.4 Å². The van der Waals surface area contributed by atoms with Crippen molar-refractivity contribution in [2.75, 3.05) is 5.32 Å². The number of rotatable bonds is 6. The third-order valence-corrected chi connectivity index (χ3v) is 2.48. The first kappa shape index (κ1) is 16.3. The Morgan fingerprint density at radius 3 is 2.29 bits per heavy atom. The molecule has 0 saturated carbocycles. The van der Waals surface area contributed by atoms with E-state index in [0.717, 1.165) is 18.2 Å². The highest BCUT2D eigenvalue weighted by Crippen LogP contribution is 2.17. The lowest BCUT2D eigenvalue weighted by molar-refractivity contribution is -0.139. The average molecular weight is 301 g/mol. The number of carbonyl (C=O) groups is 3. The lowest BCUT2D eigenvalue weighted by Gasteiger charge is -2.15. The minimum atomic E-state index is -1.41. The van der Waals surface area contributed by atoms with Crippen LogP contribution in [0.3, 0.4) is 0 Å². The highest BCUT2D eigenvalue weighted by molar-refractivity contribution is 5.92. The zero-order valence-electron chi connectivity index (χ0n) is 10.7. The third-order valence-electron chi connectivity index (χ3n) is 2.48. The number of hydrogen-bond acceptors (Lipinski definition) is 3. The molecule has 0 bridgehead atoms. The molecule has 1 aromatic carbocycles. The molecular formula is C12H13F2N3O4. The van der Waals surface area contributed by atoms with Crippen LogP contribution in [-0.4, -0.2) is 29.1 Å². The number of nitrogens with one attached hydrogen (secondary N) is 2. The molecule has 1 rings (SSSR count). The Bertz CT molecular complexity index is 545. The molecule has 21 heavy (non-hydrogen) atoms. The summed E-state index contributed by atoms with van der Waals surface area (Å²) in [6.45, 7) is 0. The van der Waals surface area contributed by atoms with Crippen molar-refractivity contribution in [2.45, 2.75) is 18.9 Å². The zero-order valence-corrected chi connectivity index (χ0v) is 10.7. The van der Waals surface area contributed by atoms with E-state index < -0.39 is 41.3 Å². The molecule has 7 nitrogen and oxygen atoms in total. The van der Waals surface area contributed by atoms with Crippen LogP contribution in [0.15, 0.2) is 18.2 Å². The van der Waals surface area contributed by atoms with Gasteiger partial charge in [0.1, 0.15) is 23.4 Å².